The second-order valence-electron chi connectivity index (χ2n) is 8.98. The van der Waals surface area contributed by atoms with Crippen molar-refractivity contribution < 1.29 is 4.79 Å². The molecule has 1 aliphatic carbocycles. The Kier molecular flexibility index (Phi) is 5.27. The first-order valence-corrected chi connectivity index (χ1v) is 10.6. The van der Waals surface area contributed by atoms with Gasteiger partial charge in [-0.25, -0.2) is 0 Å². The summed E-state index contributed by atoms with van der Waals surface area (Å²) in [5, 5.41) is 3.07. The van der Waals surface area contributed by atoms with Crippen LogP contribution in [0.5, 0.6) is 0 Å². The number of amides is 1. The predicted octanol–water partition coefficient (Wildman–Crippen LogP) is 6.78. The van der Waals surface area contributed by atoms with E-state index in [-0.39, 0.29) is 11.3 Å². The Bertz CT molecular complexity index is 1030. The number of carbonyl (C=O) groups is 1. The first kappa shape index (κ1) is 19.4. The maximum Gasteiger partial charge on any atom is 0.255 e. The fourth-order valence-electron chi connectivity index (χ4n) is 4.32. The number of hydrogen-bond acceptors (Lipinski definition) is 1. The van der Waals surface area contributed by atoms with Gasteiger partial charge in [-0.05, 0) is 77.1 Å². The molecule has 1 aliphatic rings. The summed E-state index contributed by atoms with van der Waals surface area (Å²) in [6.45, 7) is 6.40. The van der Waals surface area contributed by atoms with E-state index in [1.165, 1.54) is 41.5 Å². The average molecular weight is 384 g/mol. The standard InChI is InChI=1S/C27H29NO/c1-27(2,3)25-14-7-6-12-24(25)26(29)28-21-17-15-20(16-18-21)23-13-8-10-19-9-4-5-11-22(19)23/h6-8,10,12-18H,4-5,9,11H2,1-3H3,(H,28,29). The van der Waals surface area contributed by atoms with Crippen molar-refractivity contribution in [2.24, 2.45) is 0 Å². The largest absolute Gasteiger partial charge is 0.322 e. The van der Waals surface area contributed by atoms with Gasteiger partial charge in [0.1, 0.15) is 0 Å². The molecule has 0 fully saturated rings. The van der Waals surface area contributed by atoms with Crippen molar-refractivity contribution in [3.05, 3.63) is 89.0 Å². The van der Waals surface area contributed by atoms with E-state index in [1.807, 2.05) is 36.4 Å². The maximum absolute atomic E-state index is 12.9. The number of rotatable bonds is 3. The molecule has 0 radical (unpaired) electrons. The minimum atomic E-state index is -0.0792. The Hall–Kier alpha value is -2.87. The van der Waals surface area contributed by atoms with Crippen LogP contribution in [0.4, 0.5) is 5.69 Å². The highest BCUT2D eigenvalue weighted by molar-refractivity contribution is 6.05. The fraction of sp³-hybridized carbons (Fsp3) is 0.296. The number of fused-ring (bicyclic) bond motifs is 1. The van der Waals surface area contributed by atoms with Crippen LogP contribution in [-0.2, 0) is 18.3 Å². The lowest BCUT2D eigenvalue weighted by Crippen LogP contribution is -2.20. The first-order valence-electron chi connectivity index (χ1n) is 10.6. The Labute approximate surface area is 174 Å². The van der Waals surface area contributed by atoms with Gasteiger partial charge < -0.3 is 5.32 Å². The zero-order valence-corrected chi connectivity index (χ0v) is 17.6. The van der Waals surface area contributed by atoms with Crippen LogP contribution in [0.3, 0.4) is 0 Å². The minimum absolute atomic E-state index is 0.0552. The van der Waals surface area contributed by atoms with Gasteiger partial charge in [-0.1, -0.05) is 69.3 Å². The summed E-state index contributed by atoms with van der Waals surface area (Å²) in [5.74, 6) is -0.0552. The third-order valence-electron chi connectivity index (χ3n) is 5.83. The lowest BCUT2D eigenvalue weighted by Gasteiger charge is -2.22. The molecule has 0 saturated heterocycles. The molecule has 2 heteroatoms. The van der Waals surface area contributed by atoms with Gasteiger partial charge >= 0.3 is 0 Å². The molecule has 0 bridgehead atoms. The Morgan fingerprint density at radius 2 is 1.55 bits per heavy atom. The van der Waals surface area contributed by atoms with E-state index in [1.54, 1.807) is 0 Å². The summed E-state index contributed by atoms with van der Waals surface area (Å²) >= 11 is 0. The van der Waals surface area contributed by atoms with Gasteiger partial charge in [0.25, 0.3) is 5.91 Å². The molecule has 29 heavy (non-hydrogen) atoms. The highest BCUT2D eigenvalue weighted by Gasteiger charge is 2.21. The summed E-state index contributed by atoms with van der Waals surface area (Å²) < 4.78 is 0. The van der Waals surface area contributed by atoms with Gasteiger partial charge in [-0.3, -0.25) is 4.79 Å². The first-order chi connectivity index (χ1) is 13.9. The molecule has 0 unspecified atom stereocenters. The van der Waals surface area contributed by atoms with E-state index in [9.17, 15) is 4.79 Å². The number of aryl methyl sites for hydroxylation is 1. The molecule has 0 aliphatic heterocycles. The SMILES string of the molecule is CC(C)(C)c1ccccc1C(=O)Nc1ccc(-c2cccc3c2CCCC3)cc1. The van der Waals surface area contributed by atoms with Gasteiger partial charge in [0.05, 0.1) is 0 Å². The van der Waals surface area contributed by atoms with Crippen molar-refractivity contribution in [3.63, 3.8) is 0 Å². The zero-order valence-electron chi connectivity index (χ0n) is 17.6. The Morgan fingerprint density at radius 3 is 2.31 bits per heavy atom. The maximum atomic E-state index is 12.9. The molecule has 4 rings (SSSR count). The van der Waals surface area contributed by atoms with Crippen LogP contribution in [0.2, 0.25) is 0 Å². The normalized spacial score (nSPS) is 13.6. The van der Waals surface area contributed by atoms with Gasteiger partial charge in [0, 0.05) is 11.3 Å². The molecule has 3 aromatic carbocycles. The predicted molar refractivity (Wildman–Crippen MR) is 122 cm³/mol. The second-order valence-corrected chi connectivity index (χ2v) is 8.98. The van der Waals surface area contributed by atoms with E-state index < -0.39 is 0 Å². The van der Waals surface area contributed by atoms with Crippen LogP contribution >= 0.6 is 0 Å². The van der Waals surface area contributed by atoms with Crippen LogP contribution in [-0.4, -0.2) is 5.91 Å². The molecule has 148 valence electrons. The lowest BCUT2D eigenvalue weighted by molar-refractivity contribution is 0.102. The number of benzene rings is 3. The Morgan fingerprint density at radius 1 is 0.828 bits per heavy atom. The van der Waals surface area contributed by atoms with Crippen molar-refractivity contribution >= 4 is 11.6 Å². The summed E-state index contributed by atoms with van der Waals surface area (Å²) in [6, 6.07) is 22.8. The monoisotopic (exact) mass is 383 g/mol. The molecular formula is C27H29NO. The van der Waals surface area contributed by atoms with E-state index in [2.05, 4.69) is 56.4 Å². The van der Waals surface area contributed by atoms with E-state index in [4.69, 9.17) is 0 Å². The van der Waals surface area contributed by atoms with Crippen molar-refractivity contribution in [2.45, 2.75) is 51.9 Å². The molecule has 0 heterocycles. The molecule has 3 aromatic rings. The molecule has 2 nitrogen and oxygen atoms in total. The van der Waals surface area contributed by atoms with Crippen LogP contribution in [0.15, 0.2) is 66.7 Å². The van der Waals surface area contributed by atoms with E-state index >= 15 is 0 Å². The smallest absolute Gasteiger partial charge is 0.255 e. The quantitative estimate of drug-likeness (QED) is 0.530. The van der Waals surface area contributed by atoms with Crippen molar-refractivity contribution in [1.82, 2.24) is 0 Å². The summed E-state index contributed by atoms with van der Waals surface area (Å²) in [6.07, 6.45) is 4.90. The highest BCUT2D eigenvalue weighted by Crippen LogP contribution is 2.32. The topological polar surface area (TPSA) is 29.1 Å². The number of anilines is 1. The Balaban J connectivity index is 1.57. The van der Waals surface area contributed by atoms with Gasteiger partial charge in [0.2, 0.25) is 0 Å². The minimum Gasteiger partial charge on any atom is -0.322 e. The number of nitrogens with one attached hydrogen (secondary N) is 1. The second kappa shape index (κ2) is 7.87. The molecular weight excluding hydrogens is 354 g/mol. The molecule has 1 amide bonds. The van der Waals surface area contributed by atoms with Gasteiger partial charge in [-0.2, -0.15) is 0 Å². The summed E-state index contributed by atoms with van der Waals surface area (Å²) in [4.78, 5) is 12.9. The molecule has 0 saturated carbocycles. The third kappa shape index (κ3) is 4.12. The van der Waals surface area contributed by atoms with Crippen molar-refractivity contribution in [3.8, 4) is 11.1 Å². The zero-order chi connectivity index (χ0) is 20.4. The van der Waals surface area contributed by atoms with Gasteiger partial charge in [-0.15, -0.1) is 0 Å². The molecule has 0 spiro atoms. The number of hydrogen-bond donors (Lipinski definition) is 1. The van der Waals surface area contributed by atoms with Gasteiger partial charge in [0.15, 0.2) is 0 Å². The van der Waals surface area contributed by atoms with Crippen LogP contribution in [0, 0.1) is 0 Å². The average Bonchev–Trinajstić information content (AvgIpc) is 2.73. The fourth-order valence-corrected chi connectivity index (χ4v) is 4.32. The molecule has 1 N–H and O–H groups in total. The summed E-state index contributed by atoms with van der Waals surface area (Å²) in [7, 11) is 0. The number of carbonyl (C=O) groups excluding carboxylic acids is 1. The van der Waals surface area contributed by atoms with Crippen LogP contribution < -0.4 is 5.32 Å². The lowest BCUT2D eigenvalue weighted by atomic mass is 9.83. The highest BCUT2D eigenvalue weighted by atomic mass is 16.1. The molecule has 0 aromatic heterocycles. The van der Waals surface area contributed by atoms with E-state index in [0.29, 0.717) is 0 Å². The van der Waals surface area contributed by atoms with Crippen LogP contribution in [0.25, 0.3) is 11.1 Å². The summed E-state index contributed by atoms with van der Waals surface area (Å²) in [5.41, 5.74) is 8.08. The van der Waals surface area contributed by atoms with Crippen LogP contribution in [0.1, 0.15) is 60.7 Å². The third-order valence-corrected chi connectivity index (χ3v) is 5.83. The molecule has 0 atom stereocenters. The van der Waals surface area contributed by atoms with E-state index in [0.717, 1.165) is 23.2 Å². The van der Waals surface area contributed by atoms with Crippen molar-refractivity contribution in [1.29, 1.82) is 0 Å². The van der Waals surface area contributed by atoms with Crippen molar-refractivity contribution in [2.75, 3.05) is 5.32 Å².